The fraction of sp³-hybridized carbons (Fsp3) is 0.107. The van der Waals surface area contributed by atoms with Crippen molar-refractivity contribution in [2.24, 2.45) is 0 Å². The van der Waals surface area contributed by atoms with E-state index in [-0.39, 0.29) is 27.8 Å². The number of aromatic hydroxyl groups is 1. The number of carboxylic acids is 1. The second kappa shape index (κ2) is 10.9. The number of amides is 1. The van der Waals surface area contributed by atoms with Crippen LogP contribution in [-0.2, 0) is 22.2 Å². The van der Waals surface area contributed by atoms with E-state index in [4.69, 9.17) is 21.1 Å². The normalized spacial score (nSPS) is 11.8. The molecule has 3 aromatic carbocycles. The molecule has 0 aliphatic heterocycles. The first-order valence-corrected chi connectivity index (χ1v) is 11.8. The van der Waals surface area contributed by atoms with Crippen LogP contribution in [0.25, 0.3) is 28.2 Å². The Balaban J connectivity index is 1.87. The smallest absolute Gasteiger partial charge is 0.418 e. The van der Waals surface area contributed by atoms with E-state index >= 15 is 0 Å². The number of halogens is 5. The van der Waals surface area contributed by atoms with Crippen molar-refractivity contribution in [3.63, 3.8) is 0 Å². The third kappa shape index (κ3) is 5.99. The highest BCUT2D eigenvalue weighted by molar-refractivity contribution is 6.32. The van der Waals surface area contributed by atoms with E-state index in [1.165, 1.54) is 12.1 Å². The van der Waals surface area contributed by atoms with Crippen LogP contribution in [0.3, 0.4) is 0 Å². The lowest BCUT2D eigenvalue weighted by molar-refractivity contribution is -0.137. The van der Waals surface area contributed by atoms with Crippen molar-refractivity contribution in [3.05, 3.63) is 98.1 Å². The summed E-state index contributed by atoms with van der Waals surface area (Å²) in [6, 6.07) is 9.85. The Bertz CT molecular complexity index is 1760. The summed E-state index contributed by atoms with van der Waals surface area (Å²) in [5, 5.41) is 21.5. The SMILES string of the molecule is Cc1cc2c(-c3cccc(C=CC(=O)O)c3)c(CC(=O)Nc3c(O)cc(F)cc3C(F)(F)F)c(=O)oc2cc1Cl. The number of rotatable bonds is 6. The number of anilines is 1. The molecule has 40 heavy (non-hydrogen) atoms. The van der Waals surface area contributed by atoms with Gasteiger partial charge >= 0.3 is 17.8 Å². The Kier molecular flexibility index (Phi) is 7.70. The Morgan fingerprint density at radius 3 is 2.52 bits per heavy atom. The van der Waals surface area contributed by atoms with Crippen LogP contribution in [0, 0.1) is 12.7 Å². The number of hydrogen-bond donors (Lipinski definition) is 3. The molecule has 0 unspecified atom stereocenters. The number of carbonyl (C=O) groups is 2. The number of nitrogens with one attached hydrogen (secondary N) is 1. The molecule has 0 atom stereocenters. The van der Waals surface area contributed by atoms with E-state index in [1.54, 1.807) is 37.3 Å². The number of carbonyl (C=O) groups excluding carboxylic acids is 1. The summed E-state index contributed by atoms with van der Waals surface area (Å²) in [7, 11) is 0. The second-order valence-corrected chi connectivity index (χ2v) is 9.12. The standard InChI is InChI=1S/C28H18ClF4NO6/c1-13-7-17-22(12-20(13)29)40-27(39)18(25(17)15-4-2-3-14(8-15)5-6-24(37)38)11-23(36)34-26-19(28(31,32)33)9-16(30)10-21(26)35/h2-10,12,35H,11H2,1H3,(H,34,36)(H,37,38). The summed E-state index contributed by atoms with van der Waals surface area (Å²) >= 11 is 6.19. The summed E-state index contributed by atoms with van der Waals surface area (Å²) in [5.74, 6) is -4.85. The zero-order valence-electron chi connectivity index (χ0n) is 20.4. The van der Waals surface area contributed by atoms with Gasteiger partial charge in [0.2, 0.25) is 5.91 Å². The van der Waals surface area contributed by atoms with Crippen LogP contribution < -0.4 is 10.9 Å². The first-order valence-electron chi connectivity index (χ1n) is 11.4. The fourth-order valence-corrected chi connectivity index (χ4v) is 4.27. The fourth-order valence-electron chi connectivity index (χ4n) is 4.12. The first-order chi connectivity index (χ1) is 18.7. The third-order valence-electron chi connectivity index (χ3n) is 5.86. The Morgan fingerprint density at radius 1 is 1.12 bits per heavy atom. The van der Waals surface area contributed by atoms with Gasteiger partial charge in [0.1, 0.15) is 17.1 Å². The molecule has 7 nitrogen and oxygen atoms in total. The van der Waals surface area contributed by atoms with Gasteiger partial charge in [-0.25, -0.2) is 14.0 Å². The molecule has 206 valence electrons. The molecule has 0 radical (unpaired) electrons. The number of aryl methyl sites for hydroxylation is 1. The molecule has 0 bridgehead atoms. The molecular formula is C28H18ClF4NO6. The number of alkyl halides is 3. The molecule has 3 N–H and O–H groups in total. The number of aliphatic carboxylic acids is 1. The van der Waals surface area contributed by atoms with Crippen molar-refractivity contribution in [1.82, 2.24) is 0 Å². The van der Waals surface area contributed by atoms with Crippen LogP contribution in [0.5, 0.6) is 5.75 Å². The minimum absolute atomic E-state index is 0.0711. The van der Waals surface area contributed by atoms with Gasteiger partial charge in [-0.05, 0) is 47.9 Å². The summed E-state index contributed by atoms with van der Waals surface area (Å²) in [6.45, 7) is 1.69. The first kappa shape index (κ1) is 28.4. The van der Waals surface area contributed by atoms with E-state index in [0.29, 0.717) is 28.1 Å². The monoisotopic (exact) mass is 575 g/mol. The molecule has 12 heteroatoms. The Morgan fingerprint density at radius 2 is 1.85 bits per heavy atom. The minimum atomic E-state index is -5.12. The van der Waals surface area contributed by atoms with Gasteiger partial charge in [0, 0.05) is 34.2 Å². The molecule has 0 saturated heterocycles. The highest BCUT2D eigenvalue weighted by atomic mass is 35.5. The molecular weight excluding hydrogens is 558 g/mol. The molecule has 0 fully saturated rings. The number of hydrogen-bond acceptors (Lipinski definition) is 5. The largest absolute Gasteiger partial charge is 0.506 e. The Hall–Kier alpha value is -4.64. The topological polar surface area (TPSA) is 117 Å². The minimum Gasteiger partial charge on any atom is -0.506 e. The van der Waals surface area contributed by atoms with Crippen molar-refractivity contribution in [1.29, 1.82) is 0 Å². The molecule has 1 heterocycles. The van der Waals surface area contributed by atoms with Crippen molar-refractivity contribution in [2.75, 3.05) is 5.32 Å². The summed E-state index contributed by atoms with van der Waals surface area (Å²) < 4.78 is 59.4. The van der Waals surface area contributed by atoms with E-state index in [1.807, 2.05) is 5.32 Å². The number of phenolic OH excluding ortho intramolecular Hbond substituents is 1. The van der Waals surface area contributed by atoms with Gasteiger partial charge in [0.15, 0.2) is 0 Å². The lowest BCUT2D eigenvalue weighted by atomic mass is 9.93. The number of phenols is 1. The van der Waals surface area contributed by atoms with Crippen LogP contribution in [0.4, 0.5) is 23.2 Å². The molecule has 1 amide bonds. The zero-order valence-corrected chi connectivity index (χ0v) is 21.2. The van der Waals surface area contributed by atoms with Gasteiger partial charge in [0.25, 0.3) is 0 Å². The zero-order chi connectivity index (χ0) is 29.4. The van der Waals surface area contributed by atoms with Crippen LogP contribution >= 0.6 is 11.6 Å². The molecule has 4 aromatic rings. The molecule has 4 rings (SSSR count). The lowest BCUT2D eigenvalue weighted by Gasteiger charge is -2.17. The maximum absolute atomic E-state index is 13.6. The maximum Gasteiger partial charge on any atom is 0.418 e. The van der Waals surface area contributed by atoms with Gasteiger partial charge in [-0.3, -0.25) is 4.79 Å². The predicted octanol–water partition coefficient (Wildman–Crippen LogP) is 6.56. The number of fused-ring (bicyclic) bond motifs is 1. The second-order valence-electron chi connectivity index (χ2n) is 8.71. The summed E-state index contributed by atoms with van der Waals surface area (Å²) in [5.41, 5.74) is -2.24. The van der Waals surface area contributed by atoms with Crippen LogP contribution in [0.1, 0.15) is 22.3 Å². The molecule has 1 aromatic heterocycles. The maximum atomic E-state index is 13.6. The molecule has 0 aliphatic rings. The van der Waals surface area contributed by atoms with E-state index in [9.17, 15) is 37.1 Å². The Labute approximate surface area is 227 Å². The van der Waals surface area contributed by atoms with Crippen molar-refractivity contribution < 1.29 is 41.8 Å². The predicted molar refractivity (Wildman–Crippen MR) is 140 cm³/mol. The average molecular weight is 576 g/mol. The highest BCUT2D eigenvalue weighted by Gasteiger charge is 2.36. The van der Waals surface area contributed by atoms with E-state index < -0.39 is 52.9 Å². The number of benzene rings is 3. The van der Waals surface area contributed by atoms with E-state index in [0.717, 1.165) is 6.08 Å². The van der Waals surface area contributed by atoms with Crippen molar-refractivity contribution in [2.45, 2.75) is 19.5 Å². The van der Waals surface area contributed by atoms with Gasteiger partial charge < -0.3 is 19.9 Å². The quantitative estimate of drug-likeness (QED) is 0.104. The summed E-state index contributed by atoms with van der Waals surface area (Å²) in [4.78, 5) is 37.0. The number of carboxylic acid groups (broad SMARTS) is 1. The lowest BCUT2D eigenvalue weighted by Crippen LogP contribution is -2.22. The van der Waals surface area contributed by atoms with E-state index in [2.05, 4.69) is 0 Å². The third-order valence-corrected chi connectivity index (χ3v) is 6.27. The molecule has 0 saturated carbocycles. The van der Waals surface area contributed by atoms with Gasteiger partial charge in [-0.15, -0.1) is 0 Å². The van der Waals surface area contributed by atoms with Crippen LogP contribution in [-0.4, -0.2) is 22.1 Å². The van der Waals surface area contributed by atoms with Crippen LogP contribution in [0.15, 0.2) is 63.8 Å². The summed E-state index contributed by atoms with van der Waals surface area (Å²) in [6.07, 6.45) is -3.69. The van der Waals surface area contributed by atoms with Gasteiger partial charge in [0.05, 0.1) is 23.2 Å². The molecule has 0 spiro atoms. The van der Waals surface area contributed by atoms with Crippen LogP contribution in [0.2, 0.25) is 5.02 Å². The van der Waals surface area contributed by atoms with Gasteiger partial charge in [-0.2, -0.15) is 13.2 Å². The van der Waals surface area contributed by atoms with Gasteiger partial charge in [-0.1, -0.05) is 29.8 Å². The van der Waals surface area contributed by atoms with Crippen molar-refractivity contribution >= 4 is 46.2 Å². The molecule has 0 aliphatic carbocycles. The van der Waals surface area contributed by atoms with Crippen molar-refractivity contribution in [3.8, 4) is 16.9 Å². The average Bonchev–Trinajstić information content (AvgIpc) is 2.85. The highest BCUT2D eigenvalue weighted by Crippen LogP contribution is 2.40.